The Balaban J connectivity index is 1.38. The van der Waals surface area contributed by atoms with E-state index in [2.05, 4.69) is 20.1 Å². The van der Waals surface area contributed by atoms with Gasteiger partial charge in [0.15, 0.2) is 0 Å². The zero-order valence-electron chi connectivity index (χ0n) is 18.4. The number of aliphatic hydroxyl groups excluding tert-OH is 1. The summed E-state index contributed by atoms with van der Waals surface area (Å²) in [7, 11) is 0. The molecule has 1 spiro atoms. The molecular weight excluding hydrogens is 396 g/mol. The van der Waals surface area contributed by atoms with E-state index in [1.165, 1.54) is 0 Å². The highest BCUT2D eigenvalue weighted by Gasteiger charge is 2.50. The van der Waals surface area contributed by atoms with Gasteiger partial charge in [-0.3, -0.25) is 10.1 Å². The first-order valence-electron chi connectivity index (χ1n) is 11.6. The lowest BCUT2D eigenvalue weighted by molar-refractivity contribution is -0.139. The van der Waals surface area contributed by atoms with Crippen molar-refractivity contribution in [2.24, 2.45) is 5.41 Å². The smallest absolute Gasteiger partial charge is 0.411 e. The van der Waals surface area contributed by atoms with Gasteiger partial charge in [-0.25, -0.2) is 9.78 Å². The van der Waals surface area contributed by atoms with Crippen molar-refractivity contribution in [3.05, 3.63) is 18.3 Å². The molecule has 1 atom stereocenters. The maximum atomic E-state index is 13.5. The third-order valence-electron chi connectivity index (χ3n) is 6.99. The summed E-state index contributed by atoms with van der Waals surface area (Å²) < 4.78 is 5.04. The topological polar surface area (TPSA) is 95.0 Å². The minimum Gasteiger partial charge on any atom is -0.449 e. The molecule has 3 aliphatic rings. The third kappa shape index (κ3) is 4.79. The number of pyridine rings is 1. The number of amides is 2. The summed E-state index contributed by atoms with van der Waals surface area (Å²) in [6.45, 7) is 4.73. The molecule has 1 aromatic heterocycles. The monoisotopic (exact) mass is 430 g/mol. The summed E-state index contributed by atoms with van der Waals surface area (Å²) in [5.74, 6) is 1.12. The highest BCUT2D eigenvalue weighted by atomic mass is 16.5. The second-order valence-corrected chi connectivity index (χ2v) is 9.18. The number of anilines is 2. The fourth-order valence-electron chi connectivity index (χ4n) is 5.27. The zero-order valence-corrected chi connectivity index (χ0v) is 18.4. The molecule has 1 aromatic rings. The molecule has 8 nitrogen and oxygen atoms in total. The normalized spacial score (nSPS) is 28.8. The largest absolute Gasteiger partial charge is 0.449 e. The van der Waals surface area contributed by atoms with Crippen LogP contribution in [0.2, 0.25) is 0 Å². The highest BCUT2D eigenvalue weighted by molar-refractivity contribution is 5.86. The standard InChI is InChI=1S/C23H34N4O4/c1-2-14-31-22(30)25-17-4-9-20(24-15-17)26-12-3-10-23(16-26)11-13-27(21(23)29)18-5-7-19(28)8-6-18/h4,9,15,18-19,28H,2-3,5-8,10-14,16H2,1H3,(H,25,30)/t18-,19-,23-/m0/s1. The van der Waals surface area contributed by atoms with Gasteiger partial charge in [-0.2, -0.15) is 0 Å². The molecule has 1 aliphatic carbocycles. The summed E-state index contributed by atoms with van der Waals surface area (Å²) in [6.07, 6.45) is 7.93. The Morgan fingerprint density at radius 1 is 1.26 bits per heavy atom. The zero-order chi connectivity index (χ0) is 21.8. The minimum atomic E-state index is -0.472. The number of aromatic nitrogens is 1. The predicted molar refractivity (Wildman–Crippen MR) is 118 cm³/mol. The first-order chi connectivity index (χ1) is 15.0. The average Bonchev–Trinajstić information content (AvgIpc) is 3.09. The van der Waals surface area contributed by atoms with Crippen molar-refractivity contribution in [3.8, 4) is 0 Å². The van der Waals surface area contributed by atoms with E-state index in [-0.39, 0.29) is 23.5 Å². The van der Waals surface area contributed by atoms with Crippen molar-refractivity contribution in [2.75, 3.05) is 36.5 Å². The molecule has 31 heavy (non-hydrogen) atoms. The van der Waals surface area contributed by atoms with Crippen molar-refractivity contribution in [1.29, 1.82) is 0 Å². The summed E-state index contributed by atoms with van der Waals surface area (Å²) in [4.78, 5) is 34.0. The van der Waals surface area contributed by atoms with E-state index in [4.69, 9.17) is 4.74 Å². The second kappa shape index (κ2) is 9.42. The van der Waals surface area contributed by atoms with E-state index in [0.29, 0.717) is 18.8 Å². The number of rotatable bonds is 5. The molecular formula is C23H34N4O4. The van der Waals surface area contributed by atoms with Crippen molar-refractivity contribution in [2.45, 2.75) is 70.4 Å². The molecule has 2 aliphatic heterocycles. The van der Waals surface area contributed by atoms with Crippen LogP contribution in [-0.2, 0) is 9.53 Å². The Kier molecular flexibility index (Phi) is 6.65. The fraction of sp³-hybridized carbons (Fsp3) is 0.696. The van der Waals surface area contributed by atoms with E-state index >= 15 is 0 Å². The number of nitrogens with zero attached hydrogens (tertiary/aromatic N) is 3. The number of likely N-dealkylation sites (tertiary alicyclic amines) is 1. The molecule has 0 unspecified atom stereocenters. The van der Waals surface area contributed by atoms with E-state index in [9.17, 15) is 14.7 Å². The summed E-state index contributed by atoms with van der Waals surface area (Å²) >= 11 is 0. The van der Waals surface area contributed by atoms with Crippen LogP contribution in [-0.4, -0.2) is 65.4 Å². The predicted octanol–water partition coefficient (Wildman–Crippen LogP) is 3.16. The Hall–Kier alpha value is -2.35. The Labute approximate surface area is 184 Å². The molecule has 8 heteroatoms. The number of hydrogen-bond donors (Lipinski definition) is 2. The molecule has 0 bridgehead atoms. The maximum absolute atomic E-state index is 13.5. The highest BCUT2D eigenvalue weighted by Crippen LogP contribution is 2.43. The van der Waals surface area contributed by atoms with Crippen LogP contribution in [0.4, 0.5) is 16.3 Å². The first-order valence-corrected chi connectivity index (χ1v) is 11.6. The molecule has 1 saturated carbocycles. The lowest BCUT2D eigenvalue weighted by Crippen LogP contribution is -2.50. The molecule has 2 saturated heterocycles. The van der Waals surface area contributed by atoms with E-state index < -0.39 is 6.09 Å². The molecule has 2 N–H and O–H groups in total. The van der Waals surface area contributed by atoms with Crippen LogP contribution < -0.4 is 10.2 Å². The summed E-state index contributed by atoms with van der Waals surface area (Å²) in [6, 6.07) is 4.00. The van der Waals surface area contributed by atoms with Crippen LogP contribution in [0.15, 0.2) is 18.3 Å². The van der Waals surface area contributed by atoms with Crippen LogP contribution in [0.25, 0.3) is 0 Å². The molecule has 0 radical (unpaired) electrons. The van der Waals surface area contributed by atoms with Crippen molar-refractivity contribution in [1.82, 2.24) is 9.88 Å². The van der Waals surface area contributed by atoms with Crippen molar-refractivity contribution in [3.63, 3.8) is 0 Å². The molecule has 170 valence electrons. The van der Waals surface area contributed by atoms with E-state index in [1.54, 1.807) is 6.20 Å². The molecule has 3 heterocycles. The number of hydrogen-bond acceptors (Lipinski definition) is 6. The lowest BCUT2D eigenvalue weighted by Gasteiger charge is -2.41. The maximum Gasteiger partial charge on any atom is 0.411 e. The Morgan fingerprint density at radius 3 is 2.77 bits per heavy atom. The van der Waals surface area contributed by atoms with Crippen LogP contribution >= 0.6 is 0 Å². The van der Waals surface area contributed by atoms with E-state index in [0.717, 1.165) is 70.3 Å². The second-order valence-electron chi connectivity index (χ2n) is 9.18. The van der Waals surface area contributed by atoms with Crippen molar-refractivity contribution < 1.29 is 19.4 Å². The van der Waals surface area contributed by atoms with Gasteiger partial charge in [0, 0.05) is 25.7 Å². The van der Waals surface area contributed by atoms with Gasteiger partial charge in [0.25, 0.3) is 0 Å². The number of aliphatic hydroxyl groups is 1. The van der Waals surface area contributed by atoms with Gasteiger partial charge < -0.3 is 19.6 Å². The lowest BCUT2D eigenvalue weighted by atomic mass is 9.78. The van der Waals surface area contributed by atoms with Crippen LogP contribution in [0, 0.1) is 5.41 Å². The van der Waals surface area contributed by atoms with Gasteiger partial charge in [-0.1, -0.05) is 6.92 Å². The van der Waals surface area contributed by atoms with Crippen LogP contribution in [0.3, 0.4) is 0 Å². The third-order valence-corrected chi connectivity index (χ3v) is 6.99. The van der Waals surface area contributed by atoms with Crippen LogP contribution in [0.1, 0.15) is 58.3 Å². The SMILES string of the molecule is CCCOC(=O)Nc1ccc(N2CCC[C@]3(CCN([C@H]4CC[C@H](O)CC4)C3=O)C2)nc1. The minimum absolute atomic E-state index is 0.204. The van der Waals surface area contributed by atoms with Crippen LogP contribution in [0.5, 0.6) is 0 Å². The van der Waals surface area contributed by atoms with Crippen molar-refractivity contribution >= 4 is 23.5 Å². The number of nitrogens with one attached hydrogen (secondary N) is 1. The molecule has 0 aromatic carbocycles. The van der Waals surface area contributed by atoms with E-state index in [1.807, 2.05) is 19.1 Å². The van der Waals surface area contributed by atoms with Gasteiger partial charge in [-0.15, -0.1) is 0 Å². The summed E-state index contributed by atoms with van der Waals surface area (Å²) in [5.41, 5.74) is 0.274. The quantitative estimate of drug-likeness (QED) is 0.745. The van der Waals surface area contributed by atoms with Gasteiger partial charge in [0.05, 0.1) is 30.0 Å². The number of carbonyl (C=O) groups excluding carboxylic acids is 2. The average molecular weight is 431 g/mol. The molecule has 4 rings (SSSR count). The Morgan fingerprint density at radius 2 is 2.06 bits per heavy atom. The molecule has 2 amide bonds. The molecule has 3 fully saturated rings. The Bertz CT molecular complexity index is 778. The number of piperidine rings is 1. The van der Waals surface area contributed by atoms with Gasteiger partial charge in [-0.05, 0) is 63.5 Å². The van der Waals surface area contributed by atoms with Gasteiger partial charge in [0.1, 0.15) is 5.82 Å². The first kappa shape index (κ1) is 21.9. The fourth-order valence-corrected chi connectivity index (χ4v) is 5.27. The number of ether oxygens (including phenoxy) is 1. The van der Waals surface area contributed by atoms with Gasteiger partial charge >= 0.3 is 6.09 Å². The summed E-state index contributed by atoms with van der Waals surface area (Å²) in [5, 5.41) is 12.5. The van der Waals surface area contributed by atoms with Gasteiger partial charge in [0.2, 0.25) is 5.91 Å². The number of carbonyl (C=O) groups is 2.